The number of rotatable bonds is 2. The first-order valence-corrected chi connectivity index (χ1v) is 8.04. The lowest BCUT2D eigenvalue weighted by Gasteiger charge is -2.17. The monoisotopic (exact) mass is 292 g/mol. The standard InChI is InChI=1S/C19H20N2O/c1-21-17-9-5-8-15(17)18(19(21)22)16-11-10-14(12-20-16)13-6-3-2-4-7-13/h2-4,6-7,10-12,15,17-18H,5,8-9H2,1H3/t15-,17+,18-/m0/s1. The van der Waals surface area contributed by atoms with Gasteiger partial charge in [-0.25, -0.2) is 0 Å². The fourth-order valence-corrected chi connectivity index (χ4v) is 4.14. The number of amides is 1. The number of benzene rings is 1. The molecule has 1 amide bonds. The van der Waals surface area contributed by atoms with E-state index in [0.717, 1.165) is 29.7 Å². The number of carbonyl (C=O) groups excluding carboxylic acids is 1. The largest absolute Gasteiger partial charge is 0.342 e. The molecule has 1 saturated carbocycles. The Labute approximate surface area is 131 Å². The van der Waals surface area contributed by atoms with E-state index in [2.05, 4.69) is 23.2 Å². The van der Waals surface area contributed by atoms with Gasteiger partial charge in [0, 0.05) is 24.8 Å². The van der Waals surface area contributed by atoms with Crippen molar-refractivity contribution in [2.45, 2.75) is 31.2 Å². The number of pyridine rings is 1. The van der Waals surface area contributed by atoms with Gasteiger partial charge in [-0.1, -0.05) is 42.8 Å². The molecule has 3 nitrogen and oxygen atoms in total. The first-order valence-electron chi connectivity index (χ1n) is 8.04. The SMILES string of the molecule is CN1C(=O)[C@H](c2ccc(-c3ccccc3)cn2)[C@H]2CCC[C@H]21. The topological polar surface area (TPSA) is 33.2 Å². The second-order valence-electron chi connectivity index (χ2n) is 6.43. The van der Waals surface area contributed by atoms with Crippen molar-refractivity contribution < 1.29 is 4.79 Å². The maximum Gasteiger partial charge on any atom is 0.232 e. The maximum absolute atomic E-state index is 12.6. The van der Waals surface area contributed by atoms with Gasteiger partial charge in [-0.3, -0.25) is 9.78 Å². The van der Waals surface area contributed by atoms with Gasteiger partial charge in [-0.15, -0.1) is 0 Å². The molecular weight excluding hydrogens is 272 g/mol. The lowest BCUT2D eigenvalue weighted by atomic mass is 9.88. The number of carbonyl (C=O) groups is 1. The lowest BCUT2D eigenvalue weighted by Crippen LogP contribution is -2.29. The summed E-state index contributed by atoms with van der Waals surface area (Å²) in [6, 6.07) is 14.8. The highest BCUT2D eigenvalue weighted by Crippen LogP contribution is 2.45. The Kier molecular flexibility index (Phi) is 3.21. The zero-order valence-electron chi connectivity index (χ0n) is 12.8. The molecule has 0 spiro atoms. The van der Waals surface area contributed by atoms with Crippen LogP contribution in [0.25, 0.3) is 11.1 Å². The van der Waals surface area contributed by atoms with Crippen molar-refractivity contribution in [2.75, 3.05) is 7.05 Å². The van der Waals surface area contributed by atoms with Crippen LogP contribution in [0, 0.1) is 5.92 Å². The van der Waals surface area contributed by atoms with Gasteiger partial charge in [0.1, 0.15) is 0 Å². The molecule has 112 valence electrons. The van der Waals surface area contributed by atoms with Crippen LogP contribution in [0.4, 0.5) is 0 Å². The highest BCUT2D eigenvalue weighted by Gasteiger charge is 2.49. The predicted octanol–water partition coefficient (Wildman–Crippen LogP) is 3.47. The van der Waals surface area contributed by atoms with Crippen LogP contribution in [0.15, 0.2) is 48.7 Å². The third-order valence-electron chi connectivity index (χ3n) is 5.28. The summed E-state index contributed by atoms with van der Waals surface area (Å²) in [5, 5.41) is 0. The Bertz CT molecular complexity index is 680. The molecule has 2 fully saturated rings. The van der Waals surface area contributed by atoms with Crippen LogP contribution in [-0.2, 0) is 4.79 Å². The average molecular weight is 292 g/mol. The van der Waals surface area contributed by atoms with E-state index in [4.69, 9.17) is 0 Å². The minimum Gasteiger partial charge on any atom is -0.342 e. The number of nitrogens with zero attached hydrogens (tertiary/aromatic N) is 2. The Morgan fingerprint density at radius 3 is 2.59 bits per heavy atom. The van der Waals surface area contributed by atoms with Crippen LogP contribution in [0.3, 0.4) is 0 Å². The number of likely N-dealkylation sites (N-methyl/N-ethyl adjacent to an activating group) is 1. The Hall–Kier alpha value is -2.16. The summed E-state index contributed by atoms with van der Waals surface area (Å²) in [5.74, 6) is 0.657. The molecule has 3 heteroatoms. The first kappa shape index (κ1) is 13.5. The molecule has 2 aliphatic rings. The molecule has 4 rings (SSSR count). The normalized spacial score (nSPS) is 27.2. The zero-order valence-corrected chi connectivity index (χ0v) is 12.8. The summed E-state index contributed by atoms with van der Waals surface area (Å²) in [6.45, 7) is 0. The molecule has 0 radical (unpaired) electrons. The van der Waals surface area contributed by atoms with Crippen molar-refractivity contribution >= 4 is 5.91 Å². The van der Waals surface area contributed by atoms with Crippen molar-refractivity contribution in [3.05, 3.63) is 54.4 Å². The average Bonchev–Trinajstić information content (AvgIpc) is 3.12. The van der Waals surface area contributed by atoms with Gasteiger partial charge in [0.15, 0.2) is 0 Å². The molecule has 2 heterocycles. The van der Waals surface area contributed by atoms with Gasteiger partial charge < -0.3 is 4.90 Å². The van der Waals surface area contributed by atoms with Crippen LogP contribution in [0.5, 0.6) is 0 Å². The maximum atomic E-state index is 12.6. The summed E-state index contributed by atoms with van der Waals surface area (Å²) in [4.78, 5) is 19.1. The van der Waals surface area contributed by atoms with E-state index in [1.807, 2.05) is 42.4 Å². The fraction of sp³-hybridized carbons (Fsp3) is 0.368. The van der Waals surface area contributed by atoms with E-state index in [-0.39, 0.29) is 11.8 Å². The van der Waals surface area contributed by atoms with Gasteiger partial charge in [-0.2, -0.15) is 0 Å². The molecule has 22 heavy (non-hydrogen) atoms. The van der Waals surface area contributed by atoms with Crippen LogP contribution >= 0.6 is 0 Å². The van der Waals surface area contributed by atoms with E-state index in [0.29, 0.717) is 12.0 Å². The number of fused-ring (bicyclic) bond motifs is 1. The van der Waals surface area contributed by atoms with Crippen LogP contribution in [0.2, 0.25) is 0 Å². The quantitative estimate of drug-likeness (QED) is 0.849. The number of aromatic nitrogens is 1. The van der Waals surface area contributed by atoms with Crippen LogP contribution in [-0.4, -0.2) is 28.9 Å². The van der Waals surface area contributed by atoms with Crippen molar-refractivity contribution in [3.8, 4) is 11.1 Å². The summed E-state index contributed by atoms with van der Waals surface area (Å²) >= 11 is 0. The molecule has 0 bridgehead atoms. The van der Waals surface area contributed by atoms with Gasteiger partial charge in [0.2, 0.25) is 5.91 Å². The highest BCUT2D eigenvalue weighted by molar-refractivity contribution is 5.86. The van der Waals surface area contributed by atoms with Gasteiger partial charge in [-0.05, 0) is 30.4 Å². The molecule has 1 aliphatic carbocycles. The summed E-state index contributed by atoms with van der Waals surface area (Å²) in [6.07, 6.45) is 5.42. The molecule has 0 N–H and O–H groups in total. The van der Waals surface area contributed by atoms with Crippen LogP contribution in [0.1, 0.15) is 30.9 Å². The van der Waals surface area contributed by atoms with Crippen LogP contribution < -0.4 is 0 Å². The second kappa shape index (κ2) is 5.24. The van der Waals surface area contributed by atoms with E-state index < -0.39 is 0 Å². The van der Waals surface area contributed by atoms with Crippen molar-refractivity contribution in [2.24, 2.45) is 5.92 Å². The van der Waals surface area contributed by atoms with Gasteiger partial charge in [0.05, 0.1) is 11.6 Å². The third-order valence-corrected chi connectivity index (χ3v) is 5.28. The number of hydrogen-bond donors (Lipinski definition) is 0. The second-order valence-corrected chi connectivity index (χ2v) is 6.43. The van der Waals surface area contributed by atoms with Crippen molar-refractivity contribution in [1.29, 1.82) is 0 Å². The first-order chi connectivity index (χ1) is 10.8. The Morgan fingerprint density at radius 2 is 1.86 bits per heavy atom. The lowest BCUT2D eigenvalue weighted by molar-refractivity contribution is -0.129. The molecule has 0 unspecified atom stereocenters. The Morgan fingerprint density at radius 1 is 1.05 bits per heavy atom. The molecule has 2 aromatic rings. The summed E-state index contributed by atoms with van der Waals surface area (Å²) < 4.78 is 0. The van der Waals surface area contributed by atoms with Crippen molar-refractivity contribution in [3.63, 3.8) is 0 Å². The predicted molar refractivity (Wildman–Crippen MR) is 86.3 cm³/mol. The Balaban J connectivity index is 1.65. The minimum atomic E-state index is -0.0395. The molecule has 1 aromatic carbocycles. The van der Waals surface area contributed by atoms with Crippen molar-refractivity contribution in [1.82, 2.24) is 9.88 Å². The molecule has 1 aliphatic heterocycles. The third kappa shape index (κ3) is 2.04. The minimum absolute atomic E-state index is 0.0395. The van der Waals surface area contributed by atoms with E-state index in [1.165, 1.54) is 6.42 Å². The molecule has 1 saturated heterocycles. The number of likely N-dealkylation sites (tertiary alicyclic amines) is 1. The van der Waals surface area contributed by atoms with Gasteiger partial charge >= 0.3 is 0 Å². The van der Waals surface area contributed by atoms with E-state index >= 15 is 0 Å². The molecule has 1 aromatic heterocycles. The van der Waals surface area contributed by atoms with E-state index in [1.54, 1.807) is 0 Å². The summed E-state index contributed by atoms with van der Waals surface area (Å²) in [5.41, 5.74) is 3.20. The molecular formula is C19H20N2O. The summed E-state index contributed by atoms with van der Waals surface area (Å²) in [7, 11) is 1.95. The number of hydrogen-bond acceptors (Lipinski definition) is 2. The molecule has 3 atom stereocenters. The smallest absolute Gasteiger partial charge is 0.232 e. The fourth-order valence-electron chi connectivity index (χ4n) is 4.14. The zero-order chi connectivity index (χ0) is 15.1. The highest BCUT2D eigenvalue weighted by atomic mass is 16.2. The van der Waals surface area contributed by atoms with E-state index in [9.17, 15) is 4.79 Å². The van der Waals surface area contributed by atoms with Gasteiger partial charge in [0.25, 0.3) is 0 Å².